The SMILES string of the molecule is OC(COCC(F)(F)F)c1cccc(F)c1. The van der Waals surface area contributed by atoms with Crippen LogP contribution in [0, 0.1) is 5.82 Å². The van der Waals surface area contributed by atoms with Gasteiger partial charge in [-0.3, -0.25) is 0 Å². The van der Waals surface area contributed by atoms with Crippen LogP contribution < -0.4 is 0 Å². The van der Waals surface area contributed by atoms with Crippen molar-refractivity contribution in [2.24, 2.45) is 0 Å². The summed E-state index contributed by atoms with van der Waals surface area (Å²) >= 11 is 0. The zero-order valence-electron chi connectivity index (χ0n) is 8.17. The summed E-state index contributed by atoms with van der Waals surface area (Å²) in [6, 6.07) is 4.98. The summed E-state index contributed by atoms with van der Waals surface area (Å²) in [5.74, 6) is -0.563. The Morgan fingerprint density at radius 1 is 1.31 bits per heavy atom. The van der Waals surface area contributed by atoms with Crippen molar-refractivity contribution in [3.8, 4) is 0 Å². The second kappa shape index (κ2) is 5.27. The molecule has 1 aromatic rings. The number of halogens is 4. The van der Waals surface area contributed by atoms with Crippen molar-refractivity contribution in [2.45, 2.75) is 12.3 Å². The highest BCUT2D eigenvalue weighted by molar-refractivity contribution is 5.18. The first-order valence-corrected chi connectivity index (χ1v) is 4.46. The first kappa shape index (κ1) is 12.9. The third-order valence-corrected chi connectivity index (χ3v) is 1.77. The summed E-state index contributed by atoms with van der Waals surface area (Å²) in [6.07, 6.45) is -5.69. The fraction of sp³-hybridized carbons (Fsp3) is 0.400. The number of alkyl halides is 3. The lowest BCUT2D eigenvalue weighted by molar-refractivity contribution is -0.179. The smallest absolute Gasteiger partial charge is 0.386 e. The van der Waals surface area contributed by atoms with Crippen LogP contribution in [0.25, 0.3) is 0 Å². The molecule has 0 spiro atoms. The van der Waals surface area contributed by atoms with Gasteiger partial charge in [0, 0.05) is 0 Å². The molecule has 1 unspecified atom stereocenters. The van der Waals surface area contributed by atoms with E-state index in [1.807, 2.05) is 0 Å². The van der Waals surface area contributed by atoms with Gasteiger partial charge >= 0.3 is 6.18 Å². The lowest BCUT2D eigenvalue weighted by atomic mass is 10.1. The molecule has 90 valence electrons. The number of benzene rings is 1. The molecular weight excluding hydrogens is 228 g/mol. The molecule has 0 aliphatic rings. The van der Waals surface area contributed by atoms with Gasteiger partial charge in [0.05, 0.1) is 6.61 Å². The van der Waals surface area contributed by atoms with Crippen molar-refractivity contribution >= 4 is 0 Å². The molecule has 0 fully saturated rings. The molecule has 6 heteroatoms. The van der Waals surface area contributed by atoms with E-state index in [9.17, 15) is 22.7 Å². The van der Waals surface area contributed by atoms with E-state index in [-0.39, 0.29) is 5.56 Å². The summed E-state index contributed by atoms with van der Waals surface area (Å²) in [4.78, 5) is 0. The molecule has 0 heterocycles. The average Bonchev–Trinajstić information content (AvgIpc) is 2.15. The van der Waals surface area contributed by atoms with E-state index >= 15 is 0 Å². The van der Waals surface area contributed by atoms with Gasteiger partial charge in [-0.2, -0.15) is 13.2 Å². The Balaban J connectivity index is 2.44. The van der Waals surface area contributed by atoms with Crippen LogP contribution in [-0.2, 0) is 4.74 Å². The summed E-state index contributed by atoms with van der Waals surface area (Å²) in [7, 11) is 0. The van der Waals surface area contributed by atoms with Gasteiger partial charge in [0.1, 0.15) is 18.5 Å². The zero-order valence-corrected chi connectivity index (χ0v) is 8.17. The highest BCUT2D eigenvalue weighted by Crippen LogP contribution is 2.18. The molecule has 0 saturated heterocycles. The molecule has 1 atom stereocenters. The van der Waals surface area contributed by atoms with Crippen LogP contribution in [0.3, 0.4) is 0 Å². The third kappa shape index (κ3) is 4.59. The van der Waals surface area contributed by atoms with Crippen molar-refractivity contribution in [3.63, 3.8) is 0 Å². The third-order valence-electron chi connectivity index (χ3n) is 1.77. The van der Waals surface area contributed by atoms with Gasteiger partial charge in [0.25, 0.3) is 0 Å². The average molecular weight is 238 g/mol. The number of rotatable bonds is 4. The Labute approximate surface area is 89.5 Å². The van der Waals surface area contributed by atoms with Crippen molar-refractivity contribution < 1.29 is 27.4 Å². The minimum Gasteiger partial charge on any atom is -0.386 e. The van der Waals surface area contributed by atoms with Crippen molar-refractivity contribution in [2.75, 3.05) is 13.2 Å². The molecule has 1 rings (SSSR count). The topological polar surface area (TPSA) is 29.5 Å². The highest BCUT2D eigenvalue weighted by atomic mass is 19.4. The molecule has 0 saturated carbocycles. The number of ether oxygens (including phenoxy) is 1. The standard InChI is InChI=1S/C10H10F4O2/c11-8-3-1-2-7(4-8)9(15)5-16-6-10(12,13)14/h1-4,9,15H,5-6H2. The van der Waals surface area contributed by atoms with E-state index in [0.717, 1.165) is 6.07 Å². The van der Waals surface area contributed by atoms with Crippen molar-refractivity contribution in [1.29, 1.82) is 0 Å². The van der Waals surface area contributed by atoms with Crippen LogP contribution in [0.2, 0.25) is 0 Å². The van der Waals surface area contributed by atoms with E-state index in [1.165, 1.54) is 18.2 Å². The normalized spacial score (nSPS) is 13.8. The predicted octanol–water partition coefficient (Wildman–Crippen LogP) is 2.44. The van der Waals surface area contributed by atoms with Gasteiger partial charge < -0.3 is 9.84 Å². The number of aliphatic hydroxyl groups is 1. The summed E-state index contributed by atoms with van der Waals surface area (Å²) < 4.78 is 52.1. The van der Waals surface area contributed by atoms with E-state index in [2.05, 4.69) is 4.74 Å². The Morgan fingerprint density at radius 3 is 2.56 bits per heavy atom. The first-order valence-electron chi connectivity index (χ1n) is 4.46. The molecule has 0 radical (unpaired) electrons. The molecule has 0 amide bonds. The number of hydrogen-bond acceptors (Lipinski definition) is 2. The van der Waals surface area contributed by atoms with E-state index in [4.69, 9.17) is 0 Å². The maximum absolute atomic E-state index is 12.7. The van der Waals surface area contributed by atoms with Gasteiger partial charge in [-0.1, -0.05) is 12.1 Å². The van der Waals surface area contributed by atoms with Crippen LogP contribution in [0.5, 0.6) is 0 Å². The summed E-state index contributed by atoms with van der Waals surface area (Å²) in [5.41, 5.74) is 0.183. The molecule has 1 N–H and O–H groups in total. The minimum absolute atomic E-state index is 0.183. The Kier molecular flexibility index (Phi) is 4.26. The molecule has 1 aromatic carbocycles. The quantitative estimate of drug-likeness (QED) is 0.816. The molecule has 16 heavy (non-hydrogen) atoms. The number of hydrogen-bond donors (Lipinski definition) is 1. The van der Waals surface area contributed by atoms with Crippen LogP contribution >= 0.6 is 0 Å². The van der Waals surface area contributed by atoms with Gasteiger partial charge in [0.2, 0.25) is 0 Å². The van der Waals surface area contributed by atoms with Crippen LogP contribution in [-0.4, -0.2) is 24.5 Å². The van der Waals surface area contributed by atoms with Crippen molar-refractivity contribution in [1.82, 2.24) is 0 Å². The van der Waals surface area contributed by atoms with E-state index < -0.39 is 31.3 Å². The Bertz CT molecular complexity index is 338. The zero-order chi connectivity index (χ0) is 12.2. The minimum atomic E-state index is -4.43. The van der Waals surface area contributed by atoms with Gasteiger partial charge in [-0.05, 0) is 17.7 Å². The summed E-state index contributed by atoms with van der Waals surface area (Å²) in [6.45, 7) is -1.96. The maximum Gasteiger partial charge on any atom is 0.411 e. The molecule has 0 bridgehead atoms. The van der Waals surface area contributed by atoms with Gasteiger partial charge in [0.15, 0.2) is 0 Å². The van der Waals surface area contributed by atoms with Crippen LogP contribution in [0.15, 0.2) is 24.3 Å². The molecule has 2 nitrogen and oxygen atoms in total. The van der Waals surface area contributed by atoms with E-state index in [1.54, 1.807) is 0 Å². The largest absolute Gasteiger partial charge is 0.411 e. The molecule has 0 aromatic heterocycles. The maximum atomic E-state index is 12.7. The summed E-state index contributed by atoms with van der Waals surface area (Å²) in [5, 5.41) is 9.38. The van der Waals surface area contributed by atoms with Gasteiger partial charge in [-0.15, -0.1) is 0 Å². The fourth-order valence-corrected chi connectivity index (χ4v) is 1.10. The molecular formula is C10H10F4O2. The fourth-order valence-electron chi connectivity index (χ4n) is 1.10. The lowest BCUT2D eigenvalue weighted by Gasteiger charge is -2.12. The monoisotopic (exact) mass is 238 g/mol. The molecule has 0 aliphatic carbocycles. The van der Waals surface area contributed by atoms with Crippen LogP contribution in [0.4, 0.5) is 17.6 Å². The van der Waals surface area contributed by atoms with Crippen molar-refractivity contribution in [3.05, 3.63) is 35.6 Å². The Morgan fingerprint density at radius 2 is 2.00 bits per heavy atom. The first-order chi connectivity index (χ1) is 7.38. The predicted molar refractivity (Wildman–Crippen MR) is 48.2 cm³/mol. The second-order valence-electron chi connectivity index (χ2n) is 3.20. The molecule has 0 aliphatic heterocycles. The Hall–Kier alpha value is -1.14. The number of aliphatic hydroxyl groups excluding tert-OH is 1. The second-order valence-corrected chi connectivity index (χ2v) is 3.20. The van der Waals surface area contributed by atoms with Gasteiger partial charge in [-0.25, -0.2) is 4.39 Å². The van der Waals surface area contributed by atoms with E-state index in [0.29, 0.717) is 0 Å². The highest BCUT2D eigenvalue weighted by Gasteiger charge is 2.27. The van der Waals surface area contributed by atoms with Crippen LogP contribution in [0.1, 0.15) is 11.7 Å². The lowest BCUT2D eigenvalue weighted by Crippen LogP contribution is -2.19.